The van der Waals surface area contributed by atoms with Gasteiger partial charge in [0.05, 0.1) is 73.1 Å². The van der Waals surface area contributed by atoms with Crippen molar-refractivity contribution in [3.63, 3.8) is 0 Å². The number of rotatable bonds is 21. The van der Waals surface area contributed by atoms with Crippen LogP contribution in [0.4, 0.5) is 21.0 Å². The molecule has 0 heterocycles. The zero-order valence-electron chi connectivity index (χ0n) is 45.8. The monoisotopic (exact) mass is 1200 g/mol. The van der Waals surface area contributed by atoms with Crippen molar-refractivity contribution >= 4 is 81.9 Å². The molecule has 0 radical (unpaired) electrons. The largest absolute Gasteiger partial charge is 0.497 e. The van der Waals surface area contributed by atoms with Gasteiger partial charge in [0, 0.05) is 17.5 Å². The van der Waals surface area contributed by atoms with Crippen molar-refractivity contribution in [2.75, 3.05) is 64.5 Å². The molecular weight excluding hydrogens is 1150 g/mol. The van der Waals surface area contributed by atoms with Crippen LogP contribution >= 0.6 is 46.4 Å². The molecule has 0 N–H and O–H groups in total. The van der Waals surface area contributed by atoms with Crippen LogP contribution < -0.4 is 47.7 Å². The summed E-state index contributed by atoms with van der Waals surface area (Å²) in [5, 5.41) is 0.444. The molecule has 0 atom stereocenters. The predicted octanol–water partition coefficient (Wildman–Crippen LogP) is 16.0. The highest BCUT2D eigenvalue weighted by atomic mass is 35.5. The van der Waals surface area contributed by atoms with Gasteiger partial charge in [-0.15, -0.1) is 0 Å². The molecule has 83 heavy (non-hydrogen) atoms. The molecule has 0 aliphatic heterocycles. The molecule has 8 aromatic rings. The van der Waals surface area contributed by atoms with E-state index < -0.39 is 37.2 Å². The standard InChI is InChI=1S/C32H29Cl2NO7.C31H27Cl2NO7/c1-4-40-30(36)20-35(32(37)42-25-12-10-24(38-2)11-13-25)23-18-27(33)31(28(34)19-23)41-26-14-15-29(39-3)22(17-26)16-21-8-6-5-7-9-21;1-4-39-29(35)19-34(31(36)41-23-12-10-22(37-2)11-13-23)21-16-26(32)30(27(33)17-21)40-24-14-15-28(38-3)25(18-24)20-8-6-5-7-9-20/h5-15,17-19H,4,16,20H2,1-3H3;5-18H,4,19H2,1-3H3. The number of hydrogen-bond donors (Lipinski definition) is 0. The van der Waals surface area contributed by atoms with E-state index in [-0.39, 0.29) is 67.7 Å². The molecule has 0 spiro atoms. The van der Waals surface area contributed by atoms with E-state index in [0.717, 1.165) is 32.1 Å². The smallest absolute Gasteiger partial charge is 0.420 e. The SMILES string of the molecule is CCOC(=O)CN(C(=O)Oc1ccc(OC)cc1)c1cc(Cl)c(Oc2ccc(OC)c(-c3ccccc3)c2)c(Cl)c1.CCOC(=O)CN(C(=O)Oc1ccc(OC)cc1)c1cc(Cl)c(Oc2ccc(OC)c(Cc3ccccc3)c2)c(Cl)c1. The number of benzene rings is 8. The van der Waals surface area contributed by atoms with Gasteiger partial charge in [-0.3, -0.25) is 19.4 Å². The van der Waals surface area contributed by atoms with Crippen LogP contribution in [0.5, 0.6) is 57.5 Å². The number of carbonyl (C=O) groups excluding carboxylic acids is 4. The number of nitrogens with zero attached hydrogens (tertiary/aromatic N) is 2. The summed E-state index contributed by atoms with van der Waals surface area (Å²) in [5.74, 6) is 3.08. The fourth-order valence-electron chi connectivity index (χ4n) is 7.99. The van der Waals surface area contributed by atoms with Crippen LogP contribution in [-0.4, -0.2) is 78.9 Å². The number of esters is 2. The second kappa shape index (κ2) is 30.3. The van der Waals surface area contributed by atoms with Gasteiger partial charge in [0.25, 0.3) is 0 Å². The fraction of sp³-hybridized carbons (Fsp3) is 0.175. The van der Waals surface area contributed by atoms with E-state index in [9.17, 15) is 19.2 Å². The first kappa shape index (κ1) is 61.8. The van der Waals surface area contributed by atoms with Crippen LogP contribution in [0.2, 0.25) is 20.1 Å². The maximum absolute atomic E-state index is 13.2. The molecule has 2 amide bonds. The van der Waals surface area contributed by atoms with E-state index in [4.69, 9.17) is 93.8 Å². The lowest BCUT2D eigenvalue weighted by Gasteiger charge is -2.22. The molecule has 0 fully saturated rings. The lowest BCUT2D eigenvalue weighted by atomic mass is 10.0. The summed E-state index contributed by atoms with van der Waals surface area (Å²) >= 11 is 26.4. The van der Waals surface area contributed by atoms with E-state index in [1.165, 1.54) is 38.5 Å². The molecule has 0 saturated heterocycles. The van der Waals surface area contributed by atoms with Crippen LogP contribution in [0.15, 0.2) is 170 Å². The van der Waals surface area contributed by atoms with E-state index in [2.05, 4.69) is 0 Å². The summed E-state index contributed by atoms with van der Waals surface area (Å²) in [6.07, 6.45) is -1.05. The zero-order valence-corrected chi connectivity index (χ0v) is 48.8. The van der Waals surface area contributed by atoms with E-state index in [1.54, 1.807) is 101 Å². The molecule has 0 aromatic heterocycles. The van der Waals surface area contributed by atoms with Crippen molar-refractivity contribution in [3.8, 4) is 68.6 Å². The number of ether oxygens (including phenoxy) is 10. The van der Waals surface area contributed by atoms with Crippen molar-refractivity contribution in [1.82, 2.24) is 0 Å². The first-order valence-corrected chi connectivity index (χ1v) is 27.0. The van der Waals surface area contributed by atoms with Gasteiger partial charge < -0.3 is 47.4 Å². The second-order valence-corrected chi connectivity index (χ2v) is 19.0. The molecule has 0 saturated carbocycles. The second-order valence-electron chi connectivity index (χ2n) is 17.4. The Morgan fingerprint density at radius 3 is 1.22 bits per heavy atom. The molecule has 8 aromatic carbocycles. The Bertz CT molecular complexity index is 3460. The van der Waals surface area contributed by atoms with Gasteiger partial charge in [-0.25, -0.2) is 9.59 Å². The van der Waals surface area contributed by atoms with Crippen LogP contribution in [0.25, 0.3) is 11.1 Å². The van der Waals surface area contributed by atoms with Gasteiger partial charge >= 0.3 is 24.1 Å². The maximum Gasteiger partial charge on any atom is 0.420 e. The number of halogens is 4. The molecule has 0 bridgehead atoms. The summed E-state index contributed by atoms with van der Waals surface area (Å²) in [6, 6.07) is 49.0. The quantitative estimate of drug-likeness (QED) is 0.0623. The van der Waals surface area contributed by atoms with Crippen molar-refractivity contribution in [3.05, 3.63) is 201 Å². The lowest BCUT2D eigenvalue weighted by Crippen LogP contribution is -2.38. The van der Waals surface area contributed by atoms with Crippen LogP contribution in [-0.2, 0) is 25.5 Å². The Hall–Kier alpha value is -8.80. The van der Waals surface area contributed by atoms with Gasteiger partial charge in [0.1, 0.15) is 59.1 Å². The minimum Gasteiger partial charge on any atom is -0.497 e. The van der Waals surface area contributed by atoms with Crippen molar-refractivity contribution < 1.29 is 66.5 Å². The minimum absolute atomic E-state index is 0.107. The van der Waals surface area contributed by atoms with Crippen LogP contribution in [0, 0.1) is 0 Å². The number of amides is 2. The van der Waals surface area contributed by atoms with Crippen LogP contribution in [0.3, 0.4) is 0 Å². The Morgan fingerprint density at radius 2 is 0.807 bits per heavy atom. The van der Waals surface area contributed by atoms with E-state index >= 15 is 0 Å². The molecule has 430 valence electrons. The number of carbonyl (C=O) groups is 4. The van der Waals surface area contributed by atoms with E-state index in [1.807, 2.05) is 72.8 Å². The van der Waals surface area contributed by atoms with Gasteiger partial charge in [-0.1, -0.05) is 107 Å². The molecular formula is C63H56Cl4N2O14. The number of anilines is 2. The highest BCUT2D eigenvalue weighted by Gasteiger charge is 2.27. The molecule has 20 heteroatoms. The summed E-state index contributed by atoms with van der Waals surface area (Å²) in [6.45, 7) is 2.75. The average molecular weight is 1210 g/mol. The molecule has 0 aliphatic carbocycles. The molecule has 0 aliphatic rings. The van der Waals surface area contributed by atoms with Gasteiger partial charge in [0.15, 0.2) is 11.5 Å². The first-order valence-electron chi connectivity index (χ1n) is 25.5. The third-order valence-corrected chi connectivity index (χ3v) is 13.1. The predicted molar refractivity (Wildman–Crippen MR) is 320 cm³/mol. The lowest BCUT2D eigenvalue weighted by molar-refractivity contribution is -0.142. The molecule has 16 nitrogen and oxygen atoms in total. The van der Waals surface area contributed by atoms with Crippen molar-refractivity contribution in [2.45, 2.75) is 20.3 Å². The summed E-state index contributed by atoms with van der Waals surface area (Å²) in [5.41, 5.74) is 4.19. The molecule has 8 rings (SSSR count). The first-order chi connectivity index (χ1) is 40.1. The highest BCUT2D eigenvalue weighted by Crippen LogP contribution is 2.44. The number of methoxy groups -OCH3 is 4. The van der Waals surface area contributed by atoms with Crippen molar-refractivity contribution in [1.29, 1.82) is 0 Å². The Morgan fingerprint density at radius 1 is 0.422 bits per heavy atom. The Balaban J connectivity index is 0.000000239. The average Bonchev–Trinajstić information content (AvgIpc) is 3.69. The minimum atomic E-state index is -0.841. The molecule has 0 unspecified atom stereocenters. The van der Waals surface area contributed by atoms with Gasteiger partial charge in [0.2, 0.25) is 0 Å². The van der Waals surface area contributed by atoms with Gasteiger partial charge in [-0.05, 0) is 134 Å². The third kappa shape index (κ3) is 17.1. The topological polar surface area (TPSA) is 167 Å². The normalized spacial score (nSPS) is 10.5. The summed E-state index contributed by atoms with van der Waals surface area (Å²) < 4.78 is 54.6. The number of hydrogen-bond acceptors (Lipinski definition) is 14. The Kier molecular flexibility index (Phi) is 22.6. The fourth-order valence-corrected chi connectivity index (χ4v) is 9.10. The maximum atomic E-state index is 13.2. The van der Waals surface area contributed by atoms with Crippen molar-refractivity contribution in [2.24, 2.45) is 0 Å². The zero-order chi connectivity index (χ0) is 59.4. The highest BCUT2D eigenvalue weighted by molar-refractivity contribution is 6.38. The van der Waals surface area contributed by atoms with Crippen LogP contribution in [0.1, 0.15) is 25.0 Å². The van der Waals surface area contributed by atoms with Gasteiger partial charge in [-0.2, -0.15) is 0 Å². The third-order valence-electron chi connectivity index (χ3n) is 11.9. The summed E-state index contributed by atoms with van der Waals surface area (Å²) in [4.78, 5) is 53.2. The summed E-state index contributed by atoms with van der Waals surface area (Å²) in [7, 11) is 6.26. The Labute approximate surface area is 500 Å². The van der Waals surface area contributed by atoms with E-state index in [0.29, 0.717) is 40.9 Å².